The highest BCUT2D eigenvalue weighted by molar-refractivity contribution is 5.94. The molecule has 0 aromatic heterocycles. The maximum Gasteiger partial charge on any atom is 0.251 e. The van der Waals surface area contributed by atoms with E-state index in [4.69, 9.17) is 0 Å². The van der Waals surface area contributed by atoms with Crippen LogP contribution in [0, 0.1) is 5.82 Å². The number of amides is 2. The first-order chi connectivity index (χ1) is 16.1. The van der Waals surface area contributed by atoms with Gasteiger partial charge in [0.2, 0.25) is 5.91 Å². The molecule has 1 N–H and O–H groups in total. The van der Waals surface area contributed by atoms with Gasteiger partial charge in [0.1, 0.15) is 5.82 Å². The maximum absolute atomic E-state index is 13.4. The van der Waals surface area contributed by atoms with Gasteiger partial charge < -0.3 is 10.2 Å². The molecule has 0 atom stereocenters. The zero-order valence-corrected chi connectivity index (χ0v) is 19.2. The summed E-state index contributed by atoms with van der Waals surface area (Å²) >= 11 is 0. The van der Waals surface area contributed by atoms with E-state index in [-0.39, 0.29) is 29.7 Å². The van der Waals surface area contributed by atoms with Gasteiger partial charge in [0.25, 0.3) is 5.91 Å². The first-order valence-corrected chi connectivity index (χ1v) is 12.2. The van der Waals surface area contributed by atoms with Crippen molar-refractivity contribution in [2.24, 2.45) is 0 Å². The zero-order valence-electron chi connectivity index (χ0n) is 19.2. The number of benzene rings is 2. The van der Waals surface area contributed by atoms with Crippen molar-refractivity contribution in [2.75, 3.05) is 19.6 Å². The second kappa shape index (κ2) is 11.4. The fourth-order valence-electron chi connectivity index (χ4n) is 4.98. The van der Waals surface area contributed by atoms with E-state index in [1.54, 1.807) is 12.1 Å². The van der Waals surface area contributed by atoms with Crippen LogP contribution in [0.1, 0.15) is 60.9 Å². The van der Waals surface area contributed by atoms with Crippen LogP contribution in [0.4, 0.5) is 4.39 Å². The number of carbonyl (C=O) groups excluding carboxylic acids is 2. The third-order valence-electron chi connectivity index (χ3n) is 6.92. The van der Waals surface area contributed by atoms with Gasteiger partial charge in [-0.05, 0) is 55.5 Å². The molecule has 2 fully saturated rings. The molecule has 2 aliphatic rings. The van der Waals surface area contributed by atoms with Crippen LogP contribution in [0.25, 0.3) is 0 Å². The van der Waals surface area contributed by atoms with Crippen LogP contribution in [0.5, 0.6) is 0 Å². The van der Waals surface area contributed by atoms with E-state index >= 15 is 0 Å². The molecule has 0 unspecified atom stereocenters. The number of halogens is 1. The summed E-state index contributed by atoms with van der Waals surface area (Å²) < 4.78 is 13.3. The number of piperidine rings is 1. The third kappa shape index (κ3) is 6.64. The van der Waals surface area contributed by atoms with Gasteiger partial charge in [0.05, 0.1) is 6.54 Å². The Labute approximate surface area is 196 Å². The smallest absolute Gasteiger partial charge is 0.251 e. The van der Waals surface area contributed by atoms with Crippen LogP contribution in [0.2, 0.25) is 0 Å². The summed E-state index contributed by atoms with van der Waals surface area (Å²) in [6.45, 7) is 2.52. The van der Waals surface area contributed by atoms with Gasteiger partial charge in [-0.15, -0.1) is 0 Å². The monoisotopic (exact) mass is 451 g/mol. The van der Waals surface area contributed by atoms with Gasteiger partial charge >= 0.3 is 0 Å². The molecule has 1 saturated heterocycles. The van der Waals surface area contributed by atoms with Crippen LogP contribution in [-0.2, 0) is 11.3 Å². The molecule has 1 saturated carbocycles. The van der Waals surface area contributed by atoms with Crippen LogP contribution in [-0.4, -0.2) is 53.3 Å². The molecule has 176 valence electrons. The molecule has 5 nitrogen and oxygen atoms in total. The first-order valence-electron chi connectivity index (χ1n) is 12.2. The van der Waals surface area contributed by atoms with Crippen LogP contribution in [0.3, 0.4) is 0 Å². The predicted molar refractivity (Wildman–Crippen MR) is 127 cm³/mol. The highest BCUT2D eigenvalue weighted by atomic mass is 19.1. The lowest BCUT2D eigenvalue weighted by atomic mass is 9.93. The van der Waals surface area contributed by atoms with Gasteiger partial charge in [0, 0.05) is 37.3 Å². The van der Waals surface area contributed by atoms with Crippen LogP contribution in [0.15, 0.2) is 54.6 Å². The summed E-state index contributed by atoms with van der Waals surface area (Å²) in [6.07, 6.45) is 7.31. The fraction of sp³-hybridized carbons (Fsp3) is 0.481. The lowest BCUT2D eigenvalue weighted by Crippen LogP contribution is -2.50. The lowest BCUT2D eigenvalue weighted by Gasteiger charge is -2.37. The molecule has 1 heterocycles. The number of likely N-dealkylation sites (tertiary alicyclic amines) is 1. The summed E-state index contributed by atoms with van der Waals surface area (Å²) in [7, 11) is 0. The Bertz CT molecular complexity index is 905. The molecule has 0 bridgehead atoms. The molecular formula is C27H34FN3O2. The average Bonchev–Trinajstić information content (AvgIpc) is 2.86. The van der Waals surface area contributed by atoms with Crippen LogP contribution < -0.4 is 5.32 Å². The molecule has 0 spiro atoms. The SMILES string of the molecule is O=C(NC1CCN(CC(=O)N(Cc2ccc(F)cc2)C2CCCCC2)CC1)c1ccccc1. The molecule has 4 rings (SSSR count). The van der Waals surface area contributed by atoms with Crippen molar-refractivity contribution in [3.05, 3.63) is 71.5 Å². The number of hydrogen-bond acceptors (Lipinski definition) is 3. The van der Waals surface area contributed by atoms with Gasteiger partial charge in [-0.2, -0.15) is 0 Å². The number of rotatable bonds is 7. The highest BCUT2D eigenvalue weighted by Crippen LogP contribution is 2.25. The van der Waals surface area contributed by atoms with Crippen molar-refractivity contribution in [1.29, 1.82) is 0 Å². The summed E-state index contributed by atoms with van der Waals surface area (Å²) in [5, 5.41) is 3.13. The molecule has 0 radical (unpaired) electrons. The zero-order chi connectivity index (χ0) is 23.0. The van der Waals surface area contributed by atoms with Crippen molar-refractivity contribution in [3.63, 3.8) is 0 Å². The van der Waals surface area contributed by atoms with E-state index < -0.39 is 0 Å². The largest absolute Gasteiger partial charge is 0.349 e. The minimum atomic E-state index is -0.253. The standard InChI is InChI=1S/C27H34FN3O2/c28-23-13-11-21(12-14-23)19-31(25-9-5-2-6-10-25)26(32)20-30-17-15-24(16-18-30)29-27(33)22-7-3-1-4-8-22/h1,3-4,7-8,11-14,24-25H,2,5-6,9-10,15-20H2,(H,29,33). The Hall–Kier alpha value is -2.73. The Morgan fingerprint density at radius 3 is 2.24 bits per heavy atom. The van der Waals surface area contributed by atoms with Crippen molar-refractivity contribution in [2.45, 2.75) is 63.6 Å². The Kier molecular flexibility index (Phi) is 8.10. The van der Waals surface area contributed by atoms with Crippen molar-refractivity contribution in [3.8, 4) is 0 Å². The number of carbonyl (C=O) groups is 2. The fourth-order valence-corrected chi connectivity index (χ4v) is 4.98. The second-order valence-corrected chi connectivity index (χ2v) is 9.33. The van der Waals surface area contributed by atoms with E-state index in [0.29, 0.717) is 18.7 Å². The number of hydrogen-bond donors (Lipinski definition) is 1. The minimum Gasteiger partial charge on any atom is -0.349 e. The third-order valence-corrected chi connectivity index (χ3v) is 6.92. The number of nitrogens with zero attached hydrogens (tertiary/aromatic N) is 2. The van der Waals surface area contributed by atoms with E-state index in [2.05, 4.69) is 10.2 Å². The van der Waals surface area contributed by atoms with Crippen LogP contribution >= 0.6 is 0 Å². The second-order valence-electron chi connectivity index (χ2n) is 9.33. The summed E-state index contributed by atoms with van der Waals surface area (Å²) in [5.41, 5.74) is 1.65. The van der Waals surface area contributed by atoms with Gasteiger partial charge in [-0.1, -0.05) is 49.6 Å². The van der Waals surface area contributed by atoms with E-state index in [1.165, 1.54) is 18.6 Å². The summed E-state index contributed by atoms with van der Waals surface area (Å²) in [4.78, 5) is 30.0. The van der Waals surface area contributed by atoms with Gasteiger partial charge in [-0.3, -0.25) is 14.5 Å². The van der Waals surface area contributed by atoms with Crippen molar-refractivity contribution >= 4 is 11.8 Å². The normalized spacial score (nSPS) is 18.1. The van der Waals surface area contributed by atoms with E-state index in [0.717, 1.165) is 57.2 Å². The molecule has 33 heavy (non-hydrogen) atoms. The maximum atomic E-state index is 13.4. The predicted octanol–water partition coefficient (Wildman–Crippen LogP) is 4.38. The number of nitrogens with one attached hydrogen (secondary N) is 1. The molecule has 6 heteroatoms. The molecule has 1 aliphatic carbocycles. The summed E-state index contributed by atoms with van der Waals surface area (Å²) in [5.74, 6) is -0.137. The first kappa shape index (κ1) is 23.4. The molecule has 2 aromatic carbocycles. The van der Waals surface area contributed by atoms with Gasteiger partial charge in [-0.25, -0.2) is 4.39 Å². The van der Waals surface area contributed by atoms with Gasteiger partial charge in [0.15, 0.2) is 0 Å². The highest BCUT2D eigenvalue weighted by Gasteiger charge is 2.28. The molecule has 2 aromatic rings. The van der Waals surface area contributed by atoms with E-state index in [9.17, 15) is 14.0 Å². The average molecular weight is 452 g/mol. The van der Waals surface area contributed by atoms with Crippen molar-refractivity contribution < 1.29 is 14.0 Å². The topological polar surface area (TPSA) is 52.7 Å². The molecule has 1 aliphatic heterocycles. The Balaban J connectivity index is 1.31. The Morgan fingerprint density at radius 1 is 0.909 bits per heavy atom. The molecule has 2 amide bonds. The Morgan fingerprint density at radius 2 is 1.58 bits per heavy atom. The quantitative estimate of drug-likeness (QED) is 0.680. The van der Waals surface area contributed by atoms with E-state index in [1.807, 2.05) is 35.2 Å². The van der Waals surface area contributed by atoms with Crippen molar-refractivity contribution in [1.82, 2.24) is 15.1 Å². The lowest BCUT2D eigenvalue weighted by molar-refractivity contribution is -0.136. The summed E-state index contributed by atoms with van der Waals surface area (Å²) in [6, 6.07) is 16.2. The molecular weight excluding hydrogens is 417 g/mol. The minimum absolute atomic E-state index is 0.0344.